The molecule has 2 aromatic heterocycles. The molecule has 0 aromatic carbocycles. The molecular formula is C12H18N6OS. The van der Waals surface area contributed by atoms with Crippen molar-refractivity contribution < 1.29 is 4.79 Å². The van der Waals surface area contributed by atoms with Crippen LogP contribution in [0.2, 0.25) is 0 Å². The SMILES string of the molecule is CCc1nccn1CCC(=O)NC(C)c1nnc(N)s1. The minimum atomic E-state index is -0.175. The number of aromatic nitrogens is 4. The Morgan fingerprint density at radius 1 is 1.55 bits per heavy atom. The molecule has 0 saturated carbocycles. The highest BCUT2D eigenvalue weighted by atomic mass is 32.1. The first-order valence-corrected chi connectivity index (χ1v) is 7.30. The van der Waals surface area contributed by atoms with E-state index in [2.05, 4.69) is 20.5 Å². The Bertz CT molecular complexity index is 578. The minimum Gasteiger partial charge on any atom is -0.374 e. The normalized spacial score (nSPS) is 12.3. The van der Waals surface area contributed by atoms with E-state index in [1.54, 1.807) is 6.20 Å². The maximum Gasteiger partial charge on any atom is 0.222 e. The van der Waals surface area contributed by atoms with Gasteiger partial charge in [0.2, 0.25) is 11.0 Å². The Morgan fingerprint density at radius 2 is 2.35 bits per heavy atom. The van der Waals surface area contributed by atoms with E-state index in [-0.39, 0.29) is 11.9 Å². The van der Waals surface area contributed by atoms with Crippen molar-refractivity contribution in [2.75, 3.05) is 5.73 Å². The predicted octanol–water partition coefficient (Wildman–Crippen LogP) is 1.15. The number of anilines is 1. The summed E-state index contributed by atoms with van der Waals surface area (Å²) < 4.78 is 1.99. The van der Waals surface area contributed by atoms with Crippen molar-refractivity contribution in [3.05, 3.63) is 23.2 Å². The summed E-state index contributed by atoms with van der Waals surface area (Å²) in [5.74, 6) is 0.963. The zero-order valence-corrected chi connectivity index (χ0v) is 12.4. The lowest BCUT2D eigenvalue weighted by Gasteiger charge is -2.11. The topological polar surface area (TPSA) is 98.7 Å². The van der Waals surface area contributed by atoms with Crippen molar-refractivity contribution in [2.24, 2.45) is 0 Å². The Kier molecular flexibility index (Phi) is 4.67. The number of imidazole rings is 1. The molecule has 0 radical (unpaired) electrons. The minimum absolute atomic E-state index is 0.0259. The fraction of sp³-hybridized carbons (Fsp3) is 0.500. The fourth-order valence-electron chi connectivity index (χ4n) is 1.88. The summed E-state index contributed by atoms with van der Waals surface area (Å²) in [6.45, 7) is 4.54. The first-order valence-electron chi connectivity index (χ1n) is 6.48. The maximum absolute atomic E-state index is 11.9. The molecule has 2 rings (SSSR count). The molecule has 1 amide bonds. The van der Waals surface area contributed by atoms with E-state index < -0.39 is 0 Å². The van der Waals surface area contributed by atoms with E-state index in [0.29, 0.717) is 23.1 Å². The Labute approximate surface area is 121 Å². The zero-order chi connectivity index (χ0) is 14.5. The molecule has 0 fully saturated rings. The van der Waals surface area contributed by atoms with Gasteiger partial charge in [-0.15, -0.1) is 10.2 Å². The van der Waals surface area contributed by atoms with E-state index >= 15 is 0 Å². The largest absolute Gasteiger partial charge is 0.374 e. The highest BCUT2D eigenvalue weighted by Gasteiger charge is 2.14. The van der Waals surface area contributed by atoms with E-state index in [4.69, 9.17) is 5.73 Å². The molecule has 2 heterocycles. The summed E-state index contributed by atoms with van der Waals surface area (Å²) in [6.07, 6.45) is 4.90. The Hall–Kier alpha value is -1.96. The Balaban J connectivity index is 1.83. The van der Waals surface area contributed by atoms with Crippen LogP contribution in [0.5, 0.6) is 0 Å². The van der Waals surface area contributed by atoms with Gasteiger partial charge in [0.15, 0.2) is 0 Å². The van der Waals surface area contributed by atoms with Gasteiger partial charge in [0.25, 0.3) is 0 Å². The van der Waals surface area contributed by atoms with Crippen LogP contribution in [-0.2, 0) is 17.8 Å². The number of hydrogen-bond acceptors (Lipinski definition) is 6. The van der Waals surface area contributed by atoms with Crippen LogP contribution >= 0.6 is 11.3 Å². The number of aryl methyl sites for hydroxylation is 2. The van der Waals surface area contributed by atoms with Crippen LogP contribution in [0.1, 0.15) is 37.1 Å². The summed E-state index contributed by atoms with van der Waals surface area (Å²) in [4.78, 5) is 16.1. The molecule has 0 aliphatic heterocycles. The first kappa shape index (κ1) is 14.4. The van der Waals surface area contributed by atoms with Crippen LogP contribution in [0.15, 0.2) is 12.4 Å². The smallest absolute Gasteiger partial charge is 0.222 e. The summed E-state index contributed by atoms with van der Waals surface area (Å²) in [7, 11) is 0. The highest BCUT2D eigenvalue weighted by molar-refractivity contribution is 7.15. The first-order chi connectivity index (χ1) is 9.60. The summed E-state index contributed by atoms with van der Waals surface area (Å²) in [5.41, 5.74) is 5.52. The van der Waals surface area contributed by atoms with Gasteiger partial charge in [-0.05, 0) is 6.92 Å². The van der Waals surface area contributed by atoms with Crippen LogP contribution < -0.4 is 11.1 Å². The van der Waals surface area contributed by atoms with Crippen molar-refractivity contribution in [3.63, 3.8) is 0 Å². The van der Waals surface area contributed by atoms with Gasteiger partial charge in [0, 0.05) is 31.8 Å². The molecule has 0 spiro atoms. The van der Waals surface area contributed by atoms with Gasteiger partial charge in [-0.2, -0.15) is 0 Å². The number of nitrogen functional groups attached to an aromatic ring is 1. The molecule has 3 N–H and O–H groups in total. The molecule has 1 atom stereocenters. The third kappa shape index (κ3) is 3.53. The number of nitrogens with zero attached hydrogens (tertiary/aromatic N) is 4. The lowest BCUT2D eigenvalue weighted by Crippen LogP contribution is -2.27. The molecule has 20 heavy (non-hydrogen) atoms. The summed E-state index contributed by atoms with van der Waals surface area (Å²) in [5, 5.41) is 11.7. The van der Waals surface area contributed by atoms with Crippen molar-refractivity contribution in [1.82, 2.24) is 25.1 Å². The van der Waals surface area contributed by atoms with Crippen LogP contribution in [-0.4, -0.2) is 25.7 Å². The Morgan fingerprint density at radius 3 is 3.00 bits per heavy atom. The van der Waals surface area contributed by atoms with Crippen molar-refractivity contribution in [1.29, 1.82) is 0 Å². The molecule has 0 bridgehead atoms. The fourth-order valence-corrected chi connectivity index (χ4v) is 2.49. The van der Waals surface area contributed by atoms with E-state index in [1.165, 1.54) is 11.3 Å². The second-order valence-corrected chi connectivity index (χ2v) is 5.45. The van der Waals surface area contributed by atoms with Crippen molar-refractivity contribution in [2.45, 2.75) is 39.3 Å². The quantitative estimate of drug-likeness (QED) is 0.832. The summed E-state index contributed by atoms with van der Waals surface area (Å²) >= 11 is 1.29. The third-order valence-electron chi connectivity index (χ3n) is 2.90. The van der Waals surface area contributed by atoms with Crippen LogP contribution in [0.25, 0.3) is 0 Å². The number of amides is 1. The number of nitrogens with one attached hydrogen (secondary N) is 1. The molecule has 7 nitrogen and oxygen atoms in total. The molecule has 0 saturated heterocycles. The zero-order valence-electron chi connectivity index (χ0n) is 11.5. The van der Waals surface area contributed by atoms with Crippen molar-refractivity contribution in [3.8, 4) is 0 Å². The maximum atomic E-state index is 11.9. The molecule has 0 aliphatic rings. The molecule has 8 heteroatoms. The molecule has 0 aliphatic carbocycles. The van der Waals surface area contributed by atoms with Crippen LogP contribution in [0, 0.1) is 0 Å². The average molecular weight is 294 g/mol. The van der Waals surface area contributed by atoms with E-state index in [1.807, 2.05) is 24.6 Å². The van der Waals surface area contributed by atoms with Gasteiger partial charge in [-0.1, -0.05) is 18.3 Å². The van der Waals surface area contributed by atoms with Crippen LogP contribution in [0.3, 0.4) is 0 Å². The van der Waals surface area contributed by atoms with E-state index in [0.717, 1.165) is 12.2 Å². The second-order valence-electron chi connectivity index (χ2n) is 4.41. The second kappa shape index (κ2) is 6.47. The van der Waals surface area contributed by atoms with Gasteiger partial charge in [-0.25, -0.2) is 4.98 Å². The number of carbonyl (C=O) groups is 1. The number of hydrogen-bond donors (Lipinski definition) is 2. The summed E-state index contributed by atoms with van der Waals surface area (Å²) in [6, 6.07) is -0.175. The third-order valence-corrected chi connectivity index (χ3v) is 3.84. The van der Waals surface area contributed by atoms with Gasteiger partial charge in [0.1, 0.15) is 10.8 Å². The number of nitrogens with two attached hydrogens (primary N) is 1. The molecule has 2 aromatic rings. The average Bonchev–Trinajstić information content (AvgIpc) is 3.04. The monoisotopic (exact) mass is 294 g/mol. The lowest BCUT2D eigenvalue weighted by atomic mass is 10.3. The number of rotatable bonds is 6. The van der Waals surface area contributed by atoms with Gasteiger partial charge in [0.05, 0.1) is 6.04 Å². The predicted molar refractivity (Wildman–Crippen MR) is 77.1 cm³/mol. The van der Waals surface area contributed by atoms with Gasteiger partial charge < -0.3 is 15.6 Å². The van der Waals surface area contributed by atoms with Gasteiger partial charge >= 0.3 is 0 Å². The standard InChI is InChI=1S/C12H18N6OS/c1-3-9-14-5-7-18(9)6-4-10(19)15-8(2)11-16-17-12(13)20-11/h5,7-8H,3-4,6H2,1-2H3,(H2,13,17)(H,15,19). The molecule has 108 valence electrons. The van der Waals surface area contributed by atoms with E-state index in [9.17, 15) is 4.79 Å². The lowest BCUT2D eigenvalue weighted by molar-refractivity contribution is -0.121. The van der Waals surface area contributed by atoms with Crippen LogP contribution in [0.4, 0.5) is 5.13 Å². The molecule has 1 unspecified atom stereocenters. The van der Waals surface area contributed by atoms with Gasteiger partial charge in [-0.3, -0.25) is 4.79 Å². The molecular weight excluding hydrogens is 276 g/mol. The number of carbonyl (C=O) groups excluding carboxylic acids is 1. The van der Waals surface area contributed by atoms with Crippen molar-refractivity contribution >= 4 is 22.4 Å². The highest BCUT2D eigenvalue weighted by Crippen LogP contribution is 2.18.